The summed E-state index contributed by atoms with van der Waals surface area (Å²) in [6, 6.07) is 4.60. The van der Waals surface area contributed by atoms with E-state index in [1.807, 2.05) is 0 Å². The van der Waals surface area contributed by atoms with E-state index < -0.39 is 35.1 Å². The number of nitrogens with zero attached hydrogens (tertiary/aromatic N) is 1. The largest absolute Gasteiger partial charge is 0.438 e. The molecule has 0 aromatic heterocycles. The van der Waals surface area contributed by atoms with Crippen molar-refractivity contribution in [1.82, 2.24) is 4.90 Å². The van der Waals surface area contributed by atoms with Crippen molar-refractivity contribution in [3.05, 3.63) is 29.8 Å². The van der Waals surface area contributed by atoms with Crippen LogP contribution in [0.2, 0.25) is 0 Å². The Balaban J connectivity index is 2.05. The van der Waals surface area contributed by atoms with Gasteiger partial charge in [-0.2, -0.15) is 13.2 Å². The van der Waals surface area contributed by atoms with Gasteiger partial charge >= 0.3 is 12.3 Å². The Kier molecular flexibility index (Phi) is 4.73. The first-order valence-corrected chi connectivity index (χ1v) is 7.55. The third-order valence-electron chi connectivity index (χ3n) is 4.30. The molecule has 25 heavy (non-hydrogen) atoms. The van der Waals surface area contributed by atoms with Gasteiger partial charge in [0.15, 0.2) is 11.3 Å². The summed E-state index contributed by atoms with van der Waals surface area (Å²) >= 11 is 0. The third kappa shape index (κ3) is 3.71. The van der Waals surface area contributed by atoms with Crippen LogP contribution >= 0.6 is 0 Å². The highest BCUT2D eigenvalue weighted by molar-refractivity contribution is 5.92. The second-order valence-electron chi connectivity index (χ2n) is 6.39. The molecular formula is C16H19F3N2O4. The molecule has 1 fully saturated rings. The predicted octanol–water partition coefficient (Wildman–Crippen LogP) is 2.97. The maximum Gasteiger partial charge on any atom is 0.418 e. The van der Waals surface area contributed by atoms with E-state index in [-0.39, 0.29) is 18.7 Å². The van der Waals surface area contributed by atoms with Crippen LogP contribution in [0.25, 0.3) is 0 Å². The molecule has 0 bridgehead atoms. The third-order valence-corrected chi connectivity index (χ3v) is 4.30. The lowest BCUT2D eigenvalue weighted by atomic mass is 9.96. The fourth-order valence-corrected chi connectivity index (χ4v) is 2.45. The molecular weight excluding hydrogens is 341 g/mol. The fraction of sp³-hybridized carbons (Fsp3) is 0.500. The van der Waals surface area contributed by atoms with Crippen molar-refractivity contribution in [2.24, 2.45) is 0 Å². The highest BCUT2D eigenvalue weighted by Gasteiger charge is 2.56. The van der Waals surface area contributed by atoms with Crippen LogP contribution in [-0.4, -0.2) is 39.9 Å². The Hall–Kier alpha value is -2.29. The number of rotatable bonds is 4. The maximum absolute atomic E-state index is 12.9. The molecule has 0 aliphatic carbocycles. The number of ether oxygens (including phenoxy) is 1. The minimum Gasteiger partial charge on any atom is -0.438 e. The van der Waals surface area contributed by atoms with Crippen LogP contribution in [0.4, 0.5) is 23.7 Å². The van der Waals surface area contributed by atoms with Gasteiger partial charge < -0.3 is 15.2 Å². The summed E-state index contributed by atoms with van der Waals surface area (Å²) in [5, 5.41) is 12.6. The number of aliphatic hydroxyl groups is 1. The monoisotopic (exact) mass is 360 g/mol. The molecule has 1 aromatic rings. The van der Waals surface area contributed by atoms with Crippen molar-refractivity contribution in [1.29, 1.82) is 0 Å². The number of anilines is 1. The van der Waals surface area contributed by atoms with Crippen LogP contribution < -0.4 is 5.32 Å². The number of carbonyl (C=O) groups excluding carboxylic acids is 2. The molecule has 2 rings (SSSR count). The van der Waals surface area contributed by atoms with Crippen molar-refractivity contribution in [3.63, 3.8) is 0 Å². The van der Waals surface area contributed by atoms with Crippen LogP contribution in [0.5, 0.6) is 0 Å². The molecule has 1 atom stereocenters. The highest BCUT2D eigenvalue weighted by Crippen LogP contribution is 2.37. The number of cyclic esters (lactones) is 1. The molecule has 1 aliphatic heterocycles. The standard InChI is InChI=1S/C16H19F3N2O4/c1-14(2)15(3,24)21(13(23)25-14)9-8-12(22)20-11-7-5-4-6-10(11)16(17,18)19/h4-7,24H,8-9H2,1-3H3,(H,20,22). The Bertz CT molecular complexity index is 686. The number of benzene rings is 1. The second-order valence-corrected chi connectivity index (χ2v) is 6.39. The minimum absolute atomic E-state index is 0.199. The average molecular weight is 360 g/mol. The SMILES string of the molecule is CC1(C)OC(=O)N(CCC(=O)Nc2ccccc2C(F)(F)F)C1(C)O. The summed E-state index contributed by atoms with van der Waals surface area (Å²) in [4.78, 5) is 24.8. The van der Waals surface area contributed by atoms with Gasteiger partial charge in [-0.3, -0.25) is 9.69 Å². The Morgan fingerprint density at radius 3 is 2.40 bits per heavy atom. The van der Waals surface area contributed by atoms with Gasteiger partial charge in [-0.15, -0.1) is 0 Å². The summed E-state index contributed by atoms with van der Waals surface area (Å²) in [5.74, 6) is -0.718. The van der Waals surface area contributed by atoms with E-state index in [1.165, 1.54) is 32.9 Å². The van der Waals surface area contributed by atoms with Gasteiger partial charge in [0, 0.05) is 13.0 Å². The average Bonchev–Trinajstić information content (AvgIpc) is 2.60. The van der Waals surface area contributed by atoms with E-state index >= 15 is 0 Å². The van der Waals surface area contributed by atoms with E-state index in [4.69, 9.17) is 4.74 Å². The zero-order valence-electron chi connectivity index (χ0n) is 14.0. The molecule has 1 heterocycles. The van der Waals surface area contributed by atoms with Gasteiger partial charge in [0.25, 0.3) is 0 Å². The van der Waals surface area contributed by atoms with Crippen LogP contribution in [0.1, 0.15) is 32.8 Å². The topological polar surface area (TPSA) is 78.9 Å². The fourth-order valence-electron chi connectivity index (χ4n) is 2.45. The minimum atomic E-state index is -4.60. The smallest absolute Gasteiger partial charge is 0.418 e. The number of amides is 2. The zero-order chi connectivity index (χ0) is 19.0. The van der Waals surface area contributed by atoms with Crippen molar-refractivity contribution in [2.45, 2.75) is 44.7 Å². The lowest BCUT2D eigenvalue weighted by Gasteiger charge is -2.34. The number of halogens is 3. The Labute approximate surface area is 142 Å². The van der Waals surface area contributed by atoms with Gasteiger partial charge in [-0.05, 0) is 32.9 Å². The number of hydrogen-bond acceptors (Lipinski definition) is 4. The van der Waals surface area contributed by atoms with Crippen LogP contribution in [0.15, 0.2) is 24.3 Å². The molecule has 1 saturated heterocycles. The number of alkyl halides is 3. The first kappa shape index (κ1) is 19.0. The summed E-state index contributed by atoms with van der Waals surface area (Å²) in [5.41, 5.74) is -4.15. The second kappa shape index (κ2) is 6.21. The van der Waals surface area contributed by atoms with Gasteiger partial charge in [0.2, 0.25) is 5.91 Å². The molecule has 0 saturated carbocycles. The van der Waals surface area contributed by atoms with E-state index in [1.54, 1.807) is 0 Å². The van der Waals surface area contributed by atoms with Crippen molar-refractivity contribution in [3.8, 4) is 0 Å². The molecule has 0 radical (unpaired) electrons. The van der Waals surface area contributed by atoms with Crippen LogP contribution in [-0.2, 0) is 15.7 Å². The van der Waals surface area contributed by atoms with E-state index in [9.17, 15) is 27.9 Å². The van der Waals surface area contributed by atoms with Crippen molar-refractivity contribution >= 4 is 17.7 Å². The van der Waals surface area contributed by atoms with Gasteiger partial charge in [0.05, 0.1) is 11.3 Å². The maximum atomic E-state index is 12.9. The van der Waals surface area contributed by atoms with Crippen LogP contribution in [0, 0.1) is 0 Å². The lowest BCUT2D eigenvalue weighted by molar-refractivity contribution is -0.137. The molecule has 9 heteroatoms. The highest BCUT2D eigenvalue weighted by atomic mass is 19.4. The van der Waals surface area contributed by atoms with Gasteiger partial charge in [0.1, 0.15) is 0 Å². The Morgan fingerprint density at radius 2 is 1.88 bits per heavy atom. The molecule has 1 aliphatic rings. The number of carbonyl (C=O) groups is 2. The normalized spacial score (nSPS) is 22.7. The van der Waals surface area contributed by atoms with E-state index in [0.29, 0.717) is 0 Å². The molecule has 0 spiro atoms. The van der Waals surface area contributed by atoms with Gasteiger partial charge in [-0.1, -0.05) is 12.1 Å². The summed E-state index contributed by atoms with van der Waals surface area (Å²) < 4.78 is 43.8. The molecule has 138 valence electrons. The number of nitrogens with one attached hydrogen (secondary N) is 1. The predicted molar refractivity (Wildman–Crippen MR) is 82.6 cm³/mol. The summed E-state index contributed by atoms with van der Waals surface area (Å²) in [6.45, 7) is 4.21. The molecule has 6 nitrogen and oxygen atoms in total. The first-order valence-electron chi connectivity index (χ1n) is 7.55. The quantitative estimate of drug-likeness (QED) is 0.865. The van der Waals surface area contributed by atoms with Gasteiger partial charge in [-0.25, -0.2) is 4.79 Å². The molecule has 2 N–H and O–H groups in total. The lowest BCUT2D eigenvalue weighted by Crippen LogP contribution is -2.54. The number of para-hydroxylation sites is 1. The summed E-state index contributed by atoms with van der Waals surface area (Å²) in [6.07, 6.45) is -5.69. The molecule has 1 aromatic carbocycles. The molecule has 2 amide bonds. The first-order chi connectivity index (χ1) is 11.4. The molecule has 1 unspecified atom stereocenters. The van der Waals surface area contributed by atoms with E-state index in [2.05, 4.69) is 5.32 Å². The zero-order valence-corrected chi connectivity index (χ0v) is 14.0. The summed E-state index contributed by atoms with van der Waals surface area (Å²) in [7, 11) is 0. The van der Waals surface area contributed by atoms with E-state index in [0.717, 1.165) is 17.0 Å². The van der Waals surface area contributed by atoms with Crippen LogP contribution in [0.3, 0.4) is 0 Å². The van der Waals surface area contributed by atoms with Crippen molar-refractivity contribution in [2.75, 3.05) is 11.9 Å². The van der Waals surface area contributed by atoms with Crippen molar-refractivity contribution < 1.29 is 32.6 Å². The number of hydrogen-bond donors (Lipinski definition) is 2. The Morgan fingerprint density at radius 1 is 1.28 bits per heavy atom.